The normalized spacial score (nSPS) is 11.1. The Labute approximate surface area is 117 Å². The van der Waals surface area contributed by atoms with Crippen molar-refractivity contribution < 1.29 is 4.52 Å². The maximum Gasteiger partial charge on any atom is 0.270 e. The van der Waals surface area contributed by atoms with E-state index in [1.807, 2.05) is 19.2 Å². The molecule has 0 atom stereocenters. The molecule has 0 bridgehead atoms. The van der Waals surface area contributed by atoms with E-state index in [0.29, 0.717) is 23.3 Å². The first-order valence-corrected chi connectivity index (χ1v) is 7.28. The van der Waals surface area contributed by atoms with Gasteiger partial charge >= 0.3 is 0 Å². The lowest BCUT2D eigenvalue weighted by atomic mass is 10.3. The highest BCUT2D eigenvalue weighted by Gasteiger charge is 2.16. The molecule has 98 valence electrons. The largest absolute Gasteiger partial charge is 0.375 e. The van der Waals surface area contributed by atoms with E-state index >= 15 is 0 Å². The number of aromatic nitrogens is 4. The van der Waals surface area contributed by atoms with Gasteiger partial charge in [0.2, 0.25) is 0 Å². The van der Waals surface area contributed by atoms with Gasteiger partial charge in [-0.1, -0.05) is 16.5 Å². The van der Waals surface area contributed by atoms with Crippen LogP contribution in [0.15, 0.2) is 9.90 Å². The van der Waals surface area contributed by atoms with Gasteiger partial charge in [0.1, 0.15) is 4.88 Å². The summed E-state index contributed by atoms with van der Waals surface area (Å²) in [6, 6.07) is 0. The molecule has 3 aromatic rings. The van der Waals surface area contributed by atoms with Gasteiger partial charge in [-0.05, 0) is 13.8 Å². The molecule has 0 radical (unpaired) electrons. The van der Waals surface area contributed by atoms with Gasteiger partial charge in [-0.15, -0.1) is 11.3 Å². The van der Waals surface area contributed by atoms with Crippen LogP contribution in [0.3, 0.4) is 0 Å². The summed E-state index contributed by atoms with van der Waals surface area (Å²) in [4.78, 5) is 13.7. The predicted octanol–water partition coefficient (Wildman–Crippen LogP) is 2.44. The minimum atomic E-state index is 0.466. The smallest absolute Gasteiger partial charge is 0.270 e. The molecule has 0 aliphatic rings. The third kappa shape index (κ3) is 2.49. The quantitative estimate of drug-likeness (QED) is 0.797. The summed E-state index contributed by atoms with van der Waals surface area (Å²) in [6.07, 6.45) is 0.571. The topological polar surface area (TPSA) is 90.7 Å². The molecule has 8 heteroatoms. The molecule has 0 saturated carbocycles. The van der Waals surface area contributed by atoms with Gasteiger partial charge in [0.25, 0.3) is 5.89 Å². The first-order chi connectivity index (χ1) is 9.11. The zero-order chi connectivity index (χ0) is 13.4. The van der Waals surface area contributed by atoms with Crippen LogP contribution in [-0.2, 0) is 6.42 Å². The summed E-state index contributed by atoms with van der Waals surface area (Å²) in [6.45, 7) is 3.84. The van der Waals surface area contributed by atoms with Crippen LogP contribution in [0.2, 0.25) is 0 Å². The van der Waals surface area contributed by atoms with Crippen LogP contribution in [0.25, 0.3) is 10.8 Å². The molecule has 0 spiro atoms. The van der Waals surface area contributed by atoms with Gasteiger partial charge in [0.05, 0.1) is 22.8 Å². The third-order valence-electron chi connectivity index (χ3n) is 2.48. The van der Waals surface area contributed by atoms with Crippen LogP contribution in [0, 0.1) is 13.8 Å². The average Bonchev–Trinajstić information content (AvgIpc) is 3.02. The molecular weight excluding hydrogens is 282 g/mol. The Balaban J connectivity index is 1.85. The lowest BCUT2D eigenvalue weighted by Gasteiger charge is -1.88. The van der Waals surface area contributed by atoms with E-state index in [9.17, 15) is 0 Å². The Kier molecular flexibility index (Phi) is 3.03. The van der Waals surface area contributed by atoms with Gasteiger partial charge < -0.3 is 10.3 Å². The molecule has 3 rings (SSSR count). The van der Waals surface area contributed by atoms with Crippen LogP contribution < -0.4 is 5.73 Å². The zero-order valence-corrected chi connectivity index (χ0v) is 12.0. The van der Waals surface area contributed by atoms with Crippen LogP contribution >= 0.6 is 22.7 Å². The fraction of sp³-hybridized carbons (Fsp3) is 0.273. The zero-order valence-electron chi connectivity index (χ0n) is 10.4. The van der Waals surface area contributed by atoms with E-state index in [4.69, 9.17) is 10.3 Å². The summed E-state index contributed by atoms with van der Waals surface area (Å²) in [5.41, 5.74) is 7.42. The van der Waals surface area contributed by atoms with Crippen molar-refractivity contribution in [2.24, 2.45) is 0 Å². The molecule has 3 aromatic heterocycles. The molecule has 0 aliphatic heterocycles. The highest BCUT2D eigenvalue weighted by molar-refractivity contribution is 7.18. The lowest BCUT2D eigenvalue weighted by Crippen LogP contribution is -1.91. The number of hydrogen-bond donors (Lipinski definition) is 1. The summed E-state index contributed by atoms with van der Waals surface area (Å²) in [5.74, 6) is 1.08. The third-order valence-corrected chi connectivity index (χ3v) is 4.28. The molecule has 0 amide bonds. The van der Waals surface area contributed by atoms with Gasteiger partial charge in [-0.25, -0.2) is 9.97 Å². The standard InChI is InChI=1S/C11H11N5OS2/c1-5-9(19-11(12)13-5)10-15-8(16-17-10)3-7-4-18-6(2)14-7/h4H,3H2,1-2H3,(H2,12,13). The second-order valence-electron chi connectivity index (χ2n) is 4.02. The second-order valence-corrected chi connectivity index (χ2v) is 6.11. The fourth-order valence-electron chi connectivity index (χ4n) is 1.69. The number of nitrogen functional groups attached to an aromatic ring is 1. The van der Waals surface area contributed by atoms with Gasteiger partial charge in [-0.3, -0.25) is 0 Å². The molecule has 0 unspecified atom stereocenters. The number of thiazole rings is 2. The van der Waals surface area contributed by atoms with E-state index in [0.717, 1.165) is 21.3 Å². The highest BCUT2D eigenvalue weighted by atomic mass is 32.1. The van der Waals surface area contributed by atoms with Gasteiger partial charge in [0.15, 0.2) is 11.0 Å². The molecule has 6 nitrogen and oxygen atoms in total. The van der Waals surface area contributed by atoms with Crippen LogP contribution in [-0.4, -0.2) is 20.1 Å². The summed E-state index contributed by atoms with van der Waals surface area (Å²) >= 11 is 2.96. The molecule has 3 heterocycles. The minimum absolute atomic E-state index is 0.466. The van der Waals surface area contributed by atoms with Crippen molar-refractivity contribution in [1.29, 1.82) is 0 Å². The summed E-state index contributed by atoms with van der Waals surface area (Å²) in [5, 5.41) is 7.50. The lowest BCUT2D eigenvalue weighted by molar-refractivity contribution is 0.424. The maximum atomic E-state index is 5.66. The second kappa shape index (κ2) is 4.71. The van der Waals surface area contributed by atoms with E-state index in [1.165, 1.54) is 11.3 Å². The van der Waals surface area contributed by atoms with Crippen LogP contribution in [0.4, 0.5) is 5.13 Å². The van der Waals surface area contributed by atoms with Crippen molar-refractivity contribution in [1.82, 2.24) is 20.1 Å². The molecule has 2 N–H and O–H groups in total. The van der Waals surface area contributed by atoms with Crippen molar-refractivity contribution in [3.63, 3.8) is 0 Å². The number of nitrogens with two attached hydrogens (primary N) is 1. The molecule has 0 saturated heterocycles. The van der Waals surface area contributed by atoms with E-state index in [-0.39, 0.29) is 0 Å². The number of aryl methyl sites for hydroxylation is 2. The first-order valence-electron chi connectivity index (χ1n) is 5.58. The van der Waals surface area contributed by atoms with E-state index in [1.54, 1.807) is 11.3 Å². The average molecular weight is 293 g/mol. The Morgan fingerprint density at radius 1 is 1.26 bits per heavy atom. The fourth-order valence-corrected chi connectivity index (χ4v) is 3.05. The van der Waals surface area contributed by atoms with E-state index in [2.05, 4.69) is 20.1 Å². The first kappa shape index (κ1) is 12.2. The van der Waals surface area contributed by atoms with Crippen LogP contribution in [0.5, 0.6) is 0 Å². The molecule has 0 fully saturated rings. The highest BCUT2D eigenvalue weighted by Crippen LogP contribution is 2.30. The predicted molar refractivity (Wildman–Crippen MR) is 74.2 cm³/mol. The Morgan fingerprint density at radius 3 is 2.74 bits per heavy atom. The van der Waals surface area contributed by atoms with Crippen LogP contribution in [0.1, 0.15) is 22.2 Å². The Morgan fingerprint density at radius 2 is 2.11 bits per heavy atom. The molecule has 0 aromatic carbocycles. The number of anilines is 1. The van der Waals surface area contributed by atoms with Gasteiger partial charge in [0, 0.05) is 5.38 Å². The van der Waals surface area contributed by atoms with Gasteiger partial charge in [-0.2, -0.15) is 4.98 Å². The molecule has 19 heavy (non-hydrogen) atoms. The Bertz CT molecular complexity index is 714. The Hall–Kier alpha value is -1.80. The molecule has 0 aliphatic carbocycles. The molecular formula is C11H11N5OS2. The van der Waals surface area contributed by atoms with Crippen molar-refractivity contribution >= 4 is 27.8 Å². The minimum Gasteiger partial charge on any atom is -0.375 e. The number of nitrogens with zero attached hydrogens (tertiary/aromatic N) is 4. The van der Waals surface area contributed by atoms with Crippen molar-refractivity contribution in [2.75, 3.05) is 5.73 Å². The van der Waals surface area contributed by atoms with Crippen molar-refractivity contribution in [3.05, 3.63) is 27.6 Å². The summed E-state index contributed by atoms with van der Waals surface area (Å²) in [7, 11) is 0. The summed E-state index contributed by atoms with van der Waals surface area (Å²) < 4.78 is 5.25. The monoisotopic (exact) mass is 293 g/mol. The SMILES string of the molecule is Cc1nc(Cc2noc(-c3sc(N)nc3C)n2)cs1. The number of hydrogen-bond acceptors (Lipinski definition) is 8. The van der Waals surface area contributed by atoms with Crippen molar-refractivity contribution in [2.45, 2.75) is 20.3 Å². The van der Waals surface area contributed by atoms with Crippen molar-refractivity contribution in [3.8, 4) is 10.8 Å². The number of rotatable bonds is 3. The van der Waals surface area contributed by atoms with E-state index < -0.39 is 0 Å². The maximum absolute atomic E-state index is 5.66.